The Kier molecular flexibility index (Phi) is 3.98. The summed E-state index contributed by atoms with van der Waals surface area (Å²) in [5.41, 5.74) is 0.0185. The highest BCUT2D eigenvalue weighted by Crippen LogP contribution is 2.24. The normalized spacial score (nSPS) is 16.8. The minimum Gasteiger partial charge on any atom is -0.392 e. The number of hydrogen-bond donors (Lipinski definition) is 1. The lowest BCUT2D eigenvalue weighted by molar-refractivity contribution is 0.280. The molecule has 1 aromatic carbocycles. The first-order valence-electron chi connectivity index (χ1n) is 5.70. The van der Waals surface area contributed by atoms with Gasteiger partial charge in [0.1, 0.15) is 4.90 Å². The number of hydrogen-bond acceptors (Lipinski definition) is 3. The third kappa shape index (κ3) is 2.68. The van der Waals surface area contributed by atoms with Gasteiger partial charge in [-0.15, -0.1) is 0 Å². The minimum atomic E-state index is -4.09. The topological polar surface area (TPSA) is 57.6 Å². The lowest BCUT2D eigenvalue weighted by Gasteiger charge is -2.23. The Bertz CT molecular complexity index is 614. The molecule has 0 aromatic heterocycles. The predicted molar refractivity (Wildman–Crippen MR) is 64.8 cm³/mol. The van der Waals surface area contributed by atoms with Gasteiger partial charge in [0.15, 0.2) is 11.6 Å². The van der Waals surface area contributed by atoms with Gasteiger partial charge in [-0.2, -0.15) is 4.31 Å². The third-order valence-electron chi connectivity index (χ3n) is 2.88. The maximum atomic E-state index is 13.7. The van der Waals surface area contributed by atoms with Gasteiger partial charge in [-0.25, -0.2) is 17.2 Å². The van der Waals surface area contributed by atoms with E-state index in [9.17, 15) is 17.2 Å². The van der Waals surface area contributed by atoms with E-state index < -0.39 is 33.2 Å². The van der Waals surface area contributed by atoms with Gasteiger partial charge in [-0.3, -0.25) is 0 Å². The number of aliphatic hydroxyl groups is 1. The number of aliphatic hydroxyl groups excluding tert-OH is 1. The van der Waals surface area contributed by atoms with Crippen LogP contribution < -0.4 is 0 Å². The molecule has 0 saturated carbocycles. The lowest BCUT2D eigenvalue weighted by atomic mass is 10.2. The molecule has 0 saturated heterocycles. The maximum absolute atomic E-state index is 13.7. The van der Waals surface area contributed by atoms with Crippen LogP contribution >= 0.6 is 0 Å². The molecule has 1 aliphatic rings. The van der Waals surface area contributed by atoms with E-state index in [2.05, 4.69) is 0 Å². The summed E-state index contributed by atoms with van der Waals surface area (Å²) in [4.78, 5) is -0.730. The van der Waals surface area contributed by atoms with Crippen LogP contribution in [0.25, 0.3) is 0 Å². The molecule has 0 atom stereocenters. The second-order valence-electron chi connectivity index (χ2n) is 4.17. The summed E-state index contributed by atoms with van der Waals surface area (Å²) >= 11 is 0. The van der Waals surface area contributed by atoms with Crippen molar-refractivity contribution in [3.8, 4) is 0 Å². The highest BCUT2D eigenvalue weighted by atomic mass is 32.2. The Morgan fingerprint density at radius 1 is 1.26 bits per heavy atom. The highest BCUT2D eigenvalue weighted by Gasteiger charge is 2.29. The Labute approximate surface area is 110 Å². The summed E-state index contributed by atoms with van der Waals surface area (Å²) in [5.74, 6) is -2.69. The van der Waals surface area contributed by atoms with Crippen LogP contribution in [0.1, 0.15) is 12.0 Å². The zero-order valence-corrected chi connectivity index (χ0v) is 10.8. The molecule has 1 aromatic rings. The smallest absolute Gasteiger partial charge is 0.246 e. The quantitative estimate of drug-likeness (QED) is 0.856. The van der Waals surface area contributed by atoms with Crippen molar-refractivity contribution in [3.63, 3.8) is 0 Å². The van der Waals surface area contributed by atoms with E-state index in [1.807, 2.05) is 6.08 Å². The van der Waals surface area contributed by atoms with E-state index in [-0.39, 0.29) is 18.7 Å². The Hall–Kier alpha value is -1.31. The van der Waals surface area contributed by atoms with Gasteiger partial charge >= 0.3 is 0 Å². The van der Waals surface area contributed by atoms with Crippen LogP contribution in [-0.4, -0.2) is 30.9 Å². The van der Waals surface area contributed by atoms with Crippen LogP contribution in [0.15, 0.2) is 29.2 Å². The van der Waals surface area contributed by atoms with Crippen molar-refractivity contribution in [1.82, 2.24) is 4.31 Å². The van der Waals surface area contributed by atoms with Gasteiger partial charge in [0.25, 0.3) is 0 Å². The van der Waals surface area contributed by atoms with Gasteiger partial charge < -0.3 is 5.11 Å². The first-order chi connectivity index (χ1) is 8.96. The molecule has 0 fully saturated rings. The van der Waals surface area contributed by atoms with Gasteiger partial charge in [-0.05, 0) is 24.1 Å². The molecule has 7 heteroatoms. The molecule has 0 spiro atoms. The molecule has 104 valence electrons. The van der Waals surface area contributed by atoms with Crippen molar-refractivity contribution in [2.45, 2.75) is 17.9 Å². The second-order valence-corrected chi connectivity index (χ2v) is 6.08. The average molecular weight is 289 g/mol. The molecule has 0 aliphatic carbocycles. The van der Waals surface area contributed by atoms with Gasteiger partial charge in [-0.1, -0.05) is 12.2 Å². The van der Waals surface area contributed by atoms with E-state index in [1.54, 1.807) is 6.08 Å². The highest BCUT2D eigenvalue weighted by molar-refractivity contribution is 7.89. The SMILES string of the molecule is O=S(=O)(c1cc(CO)cc(F)c1F)N1CC=CCC1. The number of benzene rings is 1. The summed E-state index contributed by atoms with van der Waals surface area (Å²) in [6.07, 6.45) is 4.02. The van der Waals surface area contributed by atoms with Gasteiger partial charge in [0.2, 0.25) is 10.0 Å². The zero-order valence-electron chi connectivity index (χ0n) is 10.0. The second kappa shape index (κ2) is 5.36. The molecule has 0 unspecified atom stereocenters. The fraction of sp³-hybridized carbons (Fsp3) is 0.333. The first kappa shape index (κ1) is 14.1. The summed E-state index contributed by atoms with van der Waals surface area (Å²) < 4.78 is 52.6. The van der Waals surface area contributed by atoms with Crippen LogP contribution in [0, 0.1) is 11.6 Å². The van der Waals surface area contributed by atoms with E-state index in [1.165, 1.54) is 0 Å². The average Bonchev–Trinajstić information content (AvgIpc) is 2.42. The Morgan fingerprint density at radius 2 is 2.00 bits per heavy atom. The van der Waals surface area contributed by atoms with E-state index in [0.717, 1.165) is 16.4 Å². The van der Waals surface area contributed by atoms with Crippen molar-refractivity contribution in [2.24, 2.45) is 0 Å². The maximum Gasteiger partial charge on any atom is 0.246 e. The third-order valence-corrected chi connectivity index (χ3v) is 4.74. The molecule has 1 N–H and O–H groups in total. The Morgan fingerprint density at radius 3 is 2.58 bits per heavy atom. The Balaban J connectivity index is 2.50. The fourth-order valence-electron chi connectivity index (χ4n) is 1.87. The van der Waals surface area contributed by atoms with Crippen LogP contribution in [0.5, 0.6) is 0 Å². The number of halogens is 2. The van der Waals surface area contributed by atoms with Crippen molar-refractivity contribution in [3.05, 3.63) is 41.5 Å². The van der Waals surface area contributed by atoms with E-state index in [4.69, 9.17) is 5.11 Å². The summed E-state index contributed by atoms with van der Waals surface area (Å²) in [5, 5.41) is 8.94. The van der Waals surface area contributed by atoms with Crippen LogP contribution in [0.4, 0.5) is 8.78 Å². The van der Waals surface area contributed by atoms with Crippen LogP contribution in [0.2, 0.25) is 0 Å². The van der Waals surface area contributed by atoms with Crippen molar-refractivity contribution >= 4 is 10.0 Å². The summed E-state index contributed by atoms with van der Waals surface area (Å²) in [7, 11) is -4.09. The molecule has 1 heterocycles. The molecule has 1 aliphatic heterocycles. The van der Waals surface area contributed by atoms with Crippen LogP contribution in [-0.2, 0) is 16.6 Å². The number of rotatable bonds is 3. The van der Waals surface area contributed by atoms with Crippen molar-refractivity contribution < 1.29 is 22.3 Å². The molecule has 2 rings (SSSR count). The molecular weight excluding hydrogens is 276 g/mol. The monoisotopic (exact) mass is 289 g/mol. The molecule has 4 nitrogen and oxygen atoms in total. The lowest BCUT2D eigenvalue weighted by Crippen LogP contribution is -2.34. The van der Waals surface area contributed by atoms with E-state index in [0.29, 0.717) is 6.42 Å². The van der Waals surface area contributed by atoms with Crippen molar-refractivity contribution in [2.75, 3.05) is 13.1 Å². The van der Waals surface area contributed by atoms with Gasteiger partial charge in [0, 0.05) is 13.1 Å². The molecule has 0 amide bonds. The number of sulfonamides is 1. The minimum absolute atomic E-state index is 0.0185. The molecular formula is C12H13F2NO3S. The molecule has 0 bridgehead atoms. The molecule has 0 radical (unpaired) electrons. The van der Waals surface area contributed by atoms with Gasteiger partial charge in [0.05, 0.1) is 6.61 Å². The van der Waals surface area contributed by atoms with Crippen LogP contribution in [0.3, 0.4) is 0 Å². The molecule has 19 heavy (non-hydrogen) atoms. The van der Waals surface area contributed by atoms with Crippen molar-refractivity contribution in [1.29, 1.82) is 0 Å². The predicted octanol–water partition coefficient (Wildman–Crippen LogP) is 1.41. The number of nitrogens with zero attached hydrogens (tertiary/aromatic N) is 1. The summed E-state index contributed by atoms with van der Waals surface area (Å²) in [6.45, 7) is -0.199. The fourth-order valence-corrected chi connectivity index (χ4v) is 3.40. The van der Waals surface area contributed by atoms with E-state index >= 15 is 0 Å². The first-order valence-corrected chi connectivity index (χ1v) is 7.14. The zero-order chi connectivity index (χ0) is 14.0. The largest absolute Gasteiger partial charge is 0.392 e. The summed E-state index contributed by atoms with van der Waals surface area (Å²) in [6, 6.07) is 1.75. The standard InChI is InChI=1S/C12H13F2NO3S/c13-10-6-9(8-16)7-11(12(10)14)19(17,18)15-4-2-1-3-5-15/h1-2,6-7,16H,3-5,8H2.